The SMILES string of the molecule is Cc1ccc2c(c1)c1cc(C)ccc1n2-c1cccc(-n2c3ccc(C)cc3c3cc(C)ccc32)n1. The number of fused-ring (bicyclic) bond motifs is 6. The second kappa shape index (κ2) is 7.56. The molecule has 0 aliphatic carbocycles. The smallest absolute Gasteiger partial charge is 0.140 e. The average Bonchev–Trinajstić information content (AvgIpc) is 3.35. The Morgan fingerprint density at radius 1 is 0.417 bits per heavy atom. The van der Waals surface area contributed by atoms with E-state index < -0.39 is 0 Å². The zero-order valence-electron chi connectivity index (χ0n) is 21.0. The van der Waals surface area contributed by atoms with E-state index in [1.54, 1.807) is 0 Å². The topological polar surface area (TPSA) is 22.8 Å². The lowest BCUT2D eigenvalue weighted by Gasteiger charge is -2.12. The molecule has 3 heterocycles. The Balaban J connectivity index is 1.54. The zero-order chi connectivity index (χ0) is 24.6. The lowest BCUT2D eigenvalue weighted by Crippen LogP contribution is -2.03. The summed E-state index contributed by atoms with van der Waals surface area (Å²) in [5.41, 5.74) is 9.78. The lowest BCUT2D eigenvalue weighted by molar-refractivity contribution is 1.01. The minimum absolute atomic E-state index is 0.925. The van der Waals surface area contributed by atoms with Crippen molar-refractivity contribution in [1.29, 1.82) is 0 Å². The molecule has 3 nitrogen and oxygen atoms in total. The van der Waals surface area contributed by atoms with Gasteiger partial charge in [-0.2, -0.15) is 0 Å². The minimum Gasteiger partial charge on any atom is -0.294 e. The van der Waals surface area contributed by atoms with Gasteiger partial charge in [-0.15, -0.1) is 0 Å². The molecule has 0 unspecified atom stereocenters. The maximum atomic E-state index is 5.27. The molecule has 36 heavy (non-hydrogen) atoms. The largest absolute Gasteiger partial charge is 0.294 e. The number of aryl methyl sites for hydroxylation is 4. The first-order valence-corrected chi connectivity index (χ1v) is 12.5. The third-order valence-electron chi connectivity index (χ3n) is 7.33. The van der Waals surface area contributed by atoms with E-state index in [2.05, 4.69) is 128 Å². The van der Waals surface area contributed by atoms with Gasteiger partial charge in [0.15, 0.2) is 0 Å². The van der Waals surface area contributed by atoms with Gasteiger partial charge in [0.05, 0.1) is 22.1 Å². The highest BCUT2D eigenvalue weighted by Gasteiger charge is 2.17. The Morgan fingerprint density at radius 3 is 1.03 bits per heavy atom. The van der Waals surface area contributed by atoms with Crippen molar-refractivity contribution in [2.24, 2.45) is 0 Å². The van der Waals surface area contributed by atoms with Crippen LogP contribution in [-0.2, 0) is 0 Å². The van der Waals surface area contributed by atoms with Crippen LogP contribution in [0, 0.1) is 27.7 Å². The van der Waals surface area contributed by atoms with Gasteiger partial charge >= 0.3 is 0 Å². The first kappa shape index (κ1) is 21.0. The molecular formula is C33H27N3. The number of hydrogen-bond acceptors (Lipinski definition) is 1. The molecule has 4 aromatic carbocycles. The molecule has 7 aromatic rings. The van der Waals surface area contributed by atoms with Crippen LogP contribution in [0.15, 0.2) is 91.0 Å². The normalized spacial score (nSPS) is 11.9. The number of hydrogen-bond donors (Lipinski definition) is 0. The summed E-state index contributed by atoms with van der Waals surface area (Å²) in [6.07, 6.45) is 0. The molecule has 0 radical (unpaired) electrons. The molecule has 7 rings (SSSR count). The second-order valence-electron chi connectivity index (χ2n) is 10.1. The van der Waals surface area contributed by atoms with Gasteiger partial charge in [-0.05, 0) is 88.4 Å². The van der Waals surface area contributed by atoms with Gasteiger partial charge in [-0.3, -0.25) is 9.13 Å². The van der Waals surface area contributed by atoms with E-state index in [0.717, 1.165) is 11.6 Å². The van der Waals surface area contributed by atoms with Crippen molar-refractivity contribution >= 4 is 43.6 Å². The predicted molar refractivity (Wildman–Crippen MR) is 152 cm³/mol. The van der Waals surface area contributed by atoms with Gasteiger partial charge in [0.2, 0.25) is 0 Å². The summed E-state index contributed by atoms with van der Waals surface area (Å²) in [5, 5.41) is 5.07. The molecule has 0 atom stereocenters. The van der Waals surface area contributed by atoms with E-state index in [0.29, 0.717) is 0 Å². The molecule has 0 saturated heterocycles. The summed E-state index contributed by atoms with van der Waals surface area (Å²) in [4.78, 5) is 5.27. The number of aromatic nitrogens is 3. The highest BCUT2D eigenvalue weighted by molar-refractivity contribution is 6.10. The average molecular weight is 466 g/mol. The van der Waals surface area contributed by atoms with Gasteiger partial charge < -0.3 is 0 Å². The molecular weight excluding hydrogens is 438 g/mol. The van der Waals surface area contributed by atoms with E-state index in [4.69, 9.17) is 4.98 Å². The highest BCUT2D eigenvalue weighted by atomic mass is 15.1. The van der Waals surface area contributed by atoms with Crippen LogP contribution < -0.4 is 0 Å². The quantitative estimate of drug-likeness (QED) is 0.251. The third-order valence-corrected chi connectivity index (χ3v) is 7.33. The molecule has 0 fully saturated rings. The fraction of sp³-hybridized carbons (Fsp3) is 0.121. The fourth-order valence-corrected chi connectivity index (χ4v) is 5.66. The van der Waals surface area contributed by atoms with Crippen molar-refractivity contribution in [3.63, 3.8) is 0 Å². The molecule has 0 amide bonds. The fourth-order valence-electron chi connectivity index (χ4n) is 5.66. The summed E-state index contributed by atoms with van der Waals surface area (Å²) in [7, 11) is 0. The van der Waals surface area contributed by atoms with Crippen LogP contribution in [0.4, 0.5) is 0 Å². The van der Waals surface area contributed by atoms with Gasteiger partial charge in [0.1, 0.15) is 11.6 Å². The monoisotopic (exact) mass is 465 g/mol. The van der Waals surface area contributed by atoms with E-state index in [1.165, 1.54) is 65.9 Å². The van der Waals surface area contributed by atoms with Crippen molar-refractivity contribution < 1.29 is 0 Å². The molecule has 0 spiro atoms. The molecule has 0 bridgehead atoms. The Labute approximate surface area is 210 Å². The van der Waals surface area contributed by atoms with E-state index in [9.17, 15) is 0 Å². The van der Waals surface area contributed by atoms with Crippen LogP contribution in [0.2, 0.25) is 0 Å². The van der Waals surface area contributed by atoms with Crippen molar-refractivity contribution in [2.45, 2.75) is 27.7 Å². The zero-order valence-corrected chi connectivity index (χ0v) is 21.0. The van der Waals surface area contributed by atoms with Gasteiger partial charge in [-0.25, -0.2) is 4.98 Å². The summed E-state index contributed by atoms with van der Waals surface area (Å²) in [6.45, 7) is 8.62. The number of benzene rings is 4. The van der Waals surface area contributed by atoms with Gasteiger partial charge in [-0.1, -0.05) is 52.6 Å². The van der Waals surface area contributed by atoms with Gasteiger partial charge in [0.25, 0.3) is 0 Å². The summed E-state index contributed by atoms with van der Waals surface area (Å²) < 4.78 is 4.60. The molecule has 0 aliphatic heterocycles. The van der Waals surface area contributed by atoms with Crippen molar-refractivity contribution in [3.05, 3.63) is 113 Å². The number of nitrogens with zero attached hydrogens (tertiary/aromatic N) is 3. The van der Waals surface area contributed by atoms with E-state index in [-0.39, 0.29) is 0 Å². The molecule has 0 aliphatic rings. The summed E-state index contributed by atoms with van der Waals surface area (Å²) in [5.74, 6) is 1.85. The molecule has 3 heteroatoms. The Morgan fingerprint density at radius 2 is 0.722 bits per heavy atom. The number of rotatable bonds is 2. The standard InChI is InChI=1S/C33H27N3/c1-20-8-12-28-24(16-20)25-17-21(2)9-13-29(25)35(28)32-6-5-7-33(34-32)36-30-14-10-22(3)18-26(30)27-19-23(4)11-15-31(27)36/h5-19H,1-4H3. The Bertz CT molecular complexity index is 1720. The summed E-state index contributed by atoms with van der Waals surface area (Å²) >= 11 is 0. The lowest BCUT2D eigenvalue weighted by atomic mass is 10.1. The second-order valence-corrected chi connectivity index (χ2v) is 10.1. The van der Waals surface area contributed by atoms with Gasteiger partial charge in [0, 0.05) is 21.5 Å². The van der Waals surface area contributed by atoms with Crippen molar-refractivity contribution in [2.75, 3.05) is 0 Å². The Hall–Kier alpha value is -4.37. The van der Waals surface area contributed by atoms with Crippen LogP contribution in [0.5, 0.6) is 0 Å². The third kappa shape index (κ3) is 3.02. The molecule has 0 saturated carbocycles. The minimum atomic E-state index is 0.925. The molecule has 3 aromatic heterocycles. The van der Waals surface area contributed by atoms with Crippen molar-refractivity contribution in [3.8, 4) is 11.6 Å². The highest BCUT2D eigenvalue weighted by Crippen LogP contribution is 2.35. The number of pyridine rings is 1. The summed E-state index contributed by atoms with van der Waals surface area (Å²) in [6, 6.07) is 33.1. The maximum Gasteiger partial charge on any atom is 0.140 e. The predicted octanol–water partition coefficient (Wildman–Crippen LogP) is 8.51. The van der Waals surface area contributed by atoms with Crippen LogP contribution in [0.25, 0.3) is 55.2 Å². The first-order valence-electron chi connectivity index (χ1n) is 12.5. The van der Waals surface area contributed by atoms with Crippen LogP contribution in [-0.4, -0.2) is 14.1 Å². The Kier molecular flexibility index (Phi) is 4.40. The van der Waals surface area contributed by atoms with Crippen LogP contribution in [0.3, 0.4) is 0 Å². The maximum absolute atomic E-state index is 5.27. The van der Waals surface area contributed by atoms with E-state index >= 15 is 0 Å². The van der Waals surface area contributed by atoms with E-state index in [1.807, 2.05) is 0 Å². The van der Waals surface area contributed by atoms with Crippen molar-refractivity contribution in [1.82, 2.24) is 14.1 Å². The van der Waals surface area contributed by atoms with Crippen LogP contribution >= 0.6 is 0 Å². The molecule has 0 N–H and O–H groups in total. The molecule has 174 valence electrons. The van der Waals surface area contributed by atoms with Crippen LogP contribution in [0.1, 0.15) is 22.3 Å². The first-order chi connectivity index (χ1) is 17.5.